The molecule has 0 saturated heterocycles. The zero-order chi connectivity index (χ0) is 32.4. The second-order valence-corrected chi connectivity index (χ2v) is 12.3. The molecule has 3 N–H and O–H groups in total. The largest absolute Gasteiger partial charge is 0.506 e. The third kappa shape index (κ3) is 5.13. The van der Waals surface area contributed by atoms with Crippen LogP contribution in [0.4, 0.5) is 17.1 Å². The average molecular weight is 661 g/mol. The van der Waals surface area contributed by atoms with Gasteiger partial charge in [-0.1, -0.05) is 42.5 Å². The summed E-state index contributed by atoms with van der Waals surface area (Å²) in [6.45, 7) is 5.64. The SMILES string of the molecule is CCN(CC)c1ccc2c(c1)Oc1cc(O)c(N=Nc3c(O)cc(S(=O)(=O)O)c4ccccc34)cc1C21OC(=O)c2ccccc21.[Na]. The number of carbonyl (C=O) groups is 1. The number of rotatable bonds is 6. The molecule has 1 spiro atoms. The standard InChI is InChI=1S/C34H27N3O8S.Na/c1-3-37(4-2)19-13-14-24-29(15-19)44-30-17-27(38)26(16-25(30)34(24)23-12-8-7-11-22(23)33(40)45-34)35-36-32-21-10-6-5-9-20(21)31(18-28(32)39)46(41,42)43;/h5-18,38-39H,3-4H2,1-2H3,(H,41,42,43);. The fourth-order valence-electron chi connectivity index (χ4n) is 6.29. The Bertz CT molecular complexity index is 2240. The third-order valence-corrected chi connectivity index (χ3v) is 9.31. The van der Waals surface area contributed by atoms with Crippen molar-refractivity contribution in [2.45, 2.75) is 24.3 Å². The van der Waals surface area contributed by atoms with E-state index in [1.165, 1.54) is 24.3 Å². The van der Waals surface area contributed by atoms with Crippen LogP contribution in [-0.4, -0.2) is 71.8 Å². The summed E-state index contributed by atoms with van der Waals surface area (Å²) in [7, 11) is -4.66. The van der Waals surface area contributed by atoms with Crippen molar-refractivity contribution in [3.05, 3.63) is 107 Å². The molecule has 0 aromatic heterocycles. The number of phenols is 2. The summed E-state index contributed by atoms with van der Waals surface area (Å²) in [6.07, 6.45) is 0. The van der Waals surface area contributed by atoms with Crippen LogP contribution in [0.25, 0.3) is 10.8 Å². The molecule has 0 aliphatic carbocycles. The van der Waals surface area contributed by atoms with Crippen LogP contribution in [0.15, 0.2) is 100 Å². The molecule has 7 rings (SSSR count). The van der Waals surface area contributed by atoms with E-state index in [4.69, 9.17) is 9.47 Å². The van der Waals surface area contributed by atoms with Crippen LogP contribution in [-0.2, 0) is 20.5 Å². The summed E-state index contributed by atoms with van der Waals surface area (Å²) in [6, 6.07) is 22.7. The summed E-state index contributed by atoms with van der Waals surface area (Å²) in [5.74, 6) is -0.670. The Labute approximate surface area is 292 Å². The Balaban J connectivity index is 0.00000386. The molecule has 1 radical (unpaired) electrons. The van der Waals surface area contributed by atoms with E-state index < -0.39 is 32.3 Å². The fourth-order valence-corrected chi connectivity index (χ4v) is 7.00. The van der Waals surface area contributed by atoms with E-state index in [-0.39, 0.29) is 63.2 Å². The maximum atomic E-state index is 13.3. The predicted molar refractivity (Wildman–Crippen MR) is 175 cm³/mol. The topological polar surface area (TPSA) is 158 Å². The normalized spacial score (nSPS) is 16.3. The Hall–Kier alpha value is -4.46. The quantitative estimate of drug-likeness (QED) is 0.0759. The molecule has 233 valence electrons. The van der Waals surface area contributed by atoms with E-state index in [1.807, 2.05) is 30.3 Å². The van der Waals surface area contributed by atoms with Crippen LogP contribution in [0.5, 0.6) is 23.0 Å². The fraction of sp³-hybridized carbons (Fsp3) is 0.147. The molecule has 2 heterocycles. The number of carbonyl (C=O) groups excluding carboxylic acids is 1. The zero-order valence-electron chi connectivity index (χ0n) is 25.6. The minimum Gasteiger partial charge on any atom is -0.506 e. The van der Waals surface area contributed by atoms with Crippen LogP contribution in [0, 0.1) is 0 Å². The second kappa shape index (κ2) is 12.0. The number of esters is 1. The molecule has 0 fully saturated rings. The molecule has 13 heteroatoms. The summed E-state index contributed by atoms with van der Waals surface area (Å²) < 4.78 is 46.3. The molecule has 0 saturated carbocycles. The number of hydrogen-bond donors (Lipinski definition) is 3. The summed E-state index contributed by atoms with van der Waals surface area (Å²) in [4.78, 5) is 15.0. The van der Waals surface area contributed by atoms with E-state index in [9.17, 15) is 28.0 Å². The van der Waals surface area contributed by atoms with Crippen LogP contribution in [0.1, 0.15) is 40.9 Å². The maximum absolute atomic E-state index is 13.3. The van der Waals surface area contributed by atoms with Crippen molar-refractivity contribution in [2.24, 2.45) is 10.2 Å². The number of azo groups is 1. The number of phenolic OH excluding ortho intramolecular Hbond substituents is 2. The van der Waals surface area contributed by atoms with E-state index in [1.54, 1.807) is 24.3 Å². The number of nitrogens with zero attached hydrogens (tertiary/aromatic N) is 3. The average Bonchev–Trinajstić information content (AvgIpc) is 3.33. The van der Waals surface area contributed by atoms with Crippen molar-refractivity contribution in [3.8, 4) is 23.0 Å². The molecular weight excluding hydrogens is 633 g/mol. The Morgan fingerprint density at radius 3 is 2.19 bits per heavy atom. The summed E-state index contributed by atoms with van der Waals surface area (Å²) >= 11 is 0. The van der Waals surface area contributed by atoms with Crippen molar-refractivity contribution >= 4 is 73.5 Å². The molecule has 2 aliphatic rings. The van der Waals surface area contributed by atoms with E-state index >= 15 is 0 Å². The van der Waals surface area contributed by atoms with Crippen LogP contribution >= 0.6 is 0 Å². The predicted octanol–water partition coefficient (Wildman–Crippen LogP) is 6.95. The van der Waals surface area contributed by atoms with E-state index in [2.05, 4.69) is 29.0 Å². The van der Waals surface area contributed by atoms with Crippen molar-refractivity contribution in [1.82, 2.24) is 0 Å². The van der Waals surface area contributed by atoms with Gasteiger partial charge >= 0.3 is 5.97 Å². The molecule has 5 aromatic rings. The van der Waals surface area contributed by atoms with Gasteiger partial charge in [0.05, 0.1) is 11.1 Å². The van der Waals surface area contributed by atoms with Gasteiger partial charge in [-0.25, -0.2) is 4.79 Å². The number of anilines is 1. The first-order valence-corrected chi connectivity index (χ1v) is 15.9. The summed E-state index contributed by atoms with van der Waals surface area (Å²) in [5.41, 5.74) is 1.35. The number of fused-ring (bicyclic) bond motifs is 7. The number of benzene rings is 5. The van der Waals surface area contributed by atoms with Crippen molar-refractivity contribution in [2.75, 3.05) is 18.0 Å². The van der Waals surface area contributed by atoms with Gasteiger partial charge < -0.3 is 24.6 Å². The number of hydrogen-bond acceptors (Lipinski definition) is 10. The molecule has 2 aliphatic heterocycles. The molecule has 5 aromatic carbocycles. The molecule has 1 unspecified atom stereocenters. The first-order chi connectivity index (χ1) is 22.1. The van der Waals surface area contributed by atoms with Gasteiger partial charge in [0.25, 0.3) is 10.1 Å². The van der Waals surface area contributed by atoms with Gasteiger partial charge in [-0.15, -0.1) is 10.2 Å². The molecule has 0 amide bonds. The van der Waals surface area contributed by atoms with Crippen LogP contribution in [0.2, 0.25) is 0 Å². The third-order valence-electron chi connectivity index (χ3n) is 8.41. The first kappa shape index (κ1) is 32.5. The van der Waals surface area contributed by atoms with Gasteiger partial charge in [-0.05, 0) is 38.1 Å². The zero-order valence-corrected chi connectivity index (χ0v) is 28.4. The van der Waals surface area contributed by atoms with Crippen molar-refractivity contribution in [3.63, 3.8) is 0 Å². The van der Waals surface area contributed by atoms with Gasteiger partial charge in [0, 0.05) is 88.4 Å². The smallest absolute Gasteiger partial charge is 0.340 e. The molecule has 47 heavy (non-hydrogen) atoms. The molecule has 1 atom stereocenters. The molecule has 0 bridgehead atoms. The van der Waals surface area contributed by atoms with E-state index in [0.29, 0.717) is 28.0 Å². The second-order valence-electron chi connectivity index (χ2n) is 10.9. The van der Waals surface area contributed by atoms with Crippen molar-refractivity contribution < 1.29 is 37.5 Å². The van der Waals surface area contributed by atoms with Crippen LogP contribution < -0.4 is 9.64 Å². The van der Waals surface area contributed by atoms with Gasteiger partial charge in [0.1, 0.15) is 39.3 Å². The minimum absolute atomic E-state index is 0. The first-order valence-electron chi connectivity index (χ1n) is 14.5. The number of aromatic hydroxyl groups is 2. The maximum Gasteiger partial charge on any atom is 0.340 e. The summed E-state index contributed by atoms with van der Waals surface area (Å²) in [5, 5.41) is 30.6. The van der Waals surface area contributed by atoms with Gasteiger partial charge in [-0.3, -0.25) is 4.55 Å². The Morgan fingerprint density at radius 1 is 0.787 bits per heavy atom. The van der Waals surface area contributed by atoms with Gasteiger partial charge in [0.2, 0.25) is 0 Å². The van der Waals surface area contributed by atoms with Gasteiger partial charge in [0.15, 0.2) is 5.60 Å². The minimum atomic E-state index is -4.66. The van der Waals surface area contributed by atoms with E-state index in [0.717, 1.165) is 24.8 Å². The molecule has 11 nitrogen and oxygen atoms in total. The molecular formula is C34H27N3NaO8S. The van der Waals surface area contributed by atoms with Crippen molar-refractivity contribution in [1.29, 1.82) is 0 Å². The van der Waals surface area contributed by atoms with Gasteiger partial charge in [-0.2, -0.15) is 8.42 Å². The van der Waals surface area contributed by atoms with Crippen LogP contribution in [0.3, 0.4) is 0 Å². The Morgan fingerprint density at radius 2 is 1.47 bits per heavy atom. The number of ether oxygens (including phenoxy) is 2. The Kier molecular flexibility index (Phi) is 8.27. The monoisotopic (exact) mass is 660 g/mol.